The summed E-state index contributed by atoms with van der Waals surface area (Å²) in [6, 6.07) is 17.8. The molecule has 1 saturated heterocycles. The van der Waals surface area contributed by atoms with Crippen LogP contribution in [0, 0.1) is 13.8 Å². The quantitative estimate of drug-likeness (QED) is 0.356. The van der Waals surface area contributed by atoms with Crippen molar-refractivity contribution in [3.05, 3.63) is 82.1 Å². The Kier molecular flexibility index (Phi) is 6.84. The average molecular weight is 488 g/mol. The Morgan fingerprint density at radius 1 is 1.03 bits per heavy atom. The van der Waals surface area contributed by atoms with Gasteiger partial charge in [-0.2, -0.15) is 5.10 Å². The number of likely N-dealkylation sites (tertiary alicyclic amines) is 1. The molecule has 7 heteroatoms. The zero-order valence-corrected chi connectivity index (χ0v) is 21.0. The molecule has 0 unspecified atom stereocenters. The van der Waals surface area contributed by atoms with Gasteiger partial charge in [-0.05, 0) is 81.6 Å². The number of amides is 1. The van der Waals surface area contributed by atoms with E-state index in [4.69, 9.17) is 21.7 Å². The Bertz CT molecular complexity index is 1340. The molecule has 0 atom stereocenters. The van der Waals surface area contributed by atoms with E-state index in [1.54, 1.807) is 0 Å². The van der Waals surface area contributed by atoms with Crippen molar-refractivity contribution >= 4 is 28.8 Å². The van der Waals surface area contributed by atoms with Gasteiger partial charge in [-0.3, -0.25) is 9.69 Å². The van der Waals surface area contributed by atoms with Crippen molar-refractivity contribution in [2.45, 2.75) is 46.1 Å². The molecule has 2 aromatic heterocycles. The third-order valence-corrected chi connectivity index (χ3v) is 7.00. The second-order valence-electron chi connectivity index (χ2n) is 9.30. The largest absolute Gasteiger partial charge is 0.326 e. The van der Waals surface area contributed by atoms with Crippen LogP contribution in [0.4, 0.5) is 5.69 Å². The summed E-state index contributed by atoms with van der Waals surface area (Å²) in [5.74, 6) is -0.00138. The van der Waals surface area contributed by atoms with Crippen molar-refractivity contribution in [3.63, 3.8) is 0 Å². The third kappa shape index (κ3) is 5.39. The van der Waals surface area contributed by atoms with E-state index in [9.17, 15) is 4.79 Å². The van der Waals surface area contributed by atoms with E-state index < -0.39 is 0 Å². The Balaban J connectivity index is 1.24. The van der Waals surface area contributed by atoms with Crippen molar-refractivity contribution in [2.24, 2.45) is 0 Å². The van der Waals surface area contributed by atoms with Gasteiger partial charge < -0.3 is 5.32 Å². The maximum atomic E-state index is 12.7. The van der Waals surface area contributed by atoms with E-state index in [2.05, 4.69) is 22.3 Å². The van der Waals surface area contributed by atoms with Crippen LogP contribution >= 0.6 is 11.6 Å². The molecular weight excluding hydrogens is 458 g/mol. The molecule has 0 aliphatic carbocycles. The molecule has 1 aliphatic rings. The van der Waals surface area contributed by atoms with Gasteiger partial charge >= 0.3 is 0 Å². The number of benzene rings is 2. The minimum atomic E-state index is -0.00138. The Labute approximate surface area is 210 Å². The first kappa shape index (κ1) is 23.5. The van der Waals surface area contributed by atoms with Crippen LogP contribution in [-0.4, -0.2) is 38.5 Å². The van der Waals surface area contributed by atoms with Gasteiger partial charge in [0.15, 0.2) is 5.65 Å². The number of rotatable bonds is 7. The molecule has 0 bridgehead atoms. The van der Waals surface area contributed by atoms with Gasteiger partial charge in [-0.1, -0.05) is 35.9 Å². The number of carbonyl (C=O) groups excluding carboxylic acids is 1. The van der Waals surface area contributed by atoms with Crippen LogP contribution < -0.4 is 5.32 Å². The molecule has 0 spiro atoms. The molecule has 1 fully saturated rings. The molecule has 1 N–H and O–H groups in total. The van der Waals surface area contributed by atoms with Crippen LogP contribution in [0.1, 0.15) is 41.8 Å². The third-order valence-electron chi connectivity index (χ3n) is 6.75. The molecule has 3 heterocycles. The van der Waals surface area contributed by atoms with Gasteiger partial charge in [0.2, 0.25) is 5.91 Å². The highest BCUT2D eigenvalue weighted by atomic mass is 35.5. The summed E-state index contributed by atoms with van der Waals surface area (Å²) >= 11 is 6.02. The molecule has 180 valence electrons. The first-order valence-corrected chi connectivity index (χ1v) is 12.6. The maximum Gasteiger partial charge on any atom is 0.224 e. The van der Waals surface area contributed by atoms with Crippen LogP contribution in [0.2, 0.25) is 5.02 Å². The zero-order chi connectivity index (χ0) is 24.4. The summed E-state index contributed by atoms with van der Waals surface area (Å²) in [7, 11) is 0. The van der Waals surface area contributed by atoms with Crippen molar-refractivity contribution in [3.8, 4) is 11.3 Å². The Morgan fingerprint density at radius 2 is 1.74 bits per heavy atom. The van der Waals surface area contributed by atoms with E-state index in [0.717, 1.165) is 46.1 Å². The molecule has 4 aromatic rings. The minimum Gasteiger partial charge on any atom is -0.326 e. The van der Waals surface area contributed by atoms with E-state index in [-0.39, 0.29) is 5.91 Å². The Morgan fingerprint density at radius 3 is 2.46 bits per heavy atom. The topological polar surface area (TPSA) is 62.5 Å². The molecule has 2 aromatic carbocycles. The number of carbonyl (C=O) groups is 1. The minimum absolute atomic E-state index is 0.00138. The van der Waals surface area contributed by atoms with Gasteiger partial charge in [-0.25, -0.2) is 9.50 Å². The monoisotopic (exact) mass is 487 g/mol. The molecular formula is C28H30ClN5O. The molecule has 1 aliphatic heterocycles. The van der Waals surface area contributed by atoms with Crippen LogP contribution in [0.3, 0.4) is 0 Å². The fourth-order valence-electron chi connectivity index (χ4n) is 4.80. The fourth-order valence-corrected chi connectivity index (χ4v) is 4.93. The van der Waals surface area contributed by atoms with Crippen molar-refractivity contribution < 1.29 is 4.79 Å². The predicted octanol–water partition coefficient (Wildman–Crippen LogP) is 5.83. The highest BCUT2D eigenvalue weighted by Gasteiger charge is 2.15. The summed E-state index contributed by atoms with van der Waals surface area (Å²) < 4.78 is 1.86. The smallest absolute Gasteiger partial charge is 0.224 e. The number of fused-ring (bicyclic) bond motifs is 1. The van der Waals surface area contributed by atoms with Crippen LogP contribution in [0.25, 0.3) is 16.9 Å². The van der Waals surface area contributed by atoms with Gasteiger partial charge in [0.05, 0.1) is 5.69 Å². The lowest BCUT2D eigenvalue weighted by molar-refractivity contribution is -0.116. The van der Waals surface area contributed by atoms with Crippen LogP contribution in [0.5, 0.6) is 0 Å². The van der Waals surface area contributed by atoms with Crippen LogP contribution in [0.15, 0.2) is 54.6 Å². The van der Waals surface area contributed by atoms with Gasteiger partial charge in [0.1, 0.15) is 0 Å². The summed E-state index contributed by atoms with van der Waals surface area (Å²) in [5.41, 5.74) is 7.74. The first-order chi connectivity index (χ1) is 17.0. The summed E-state index contributed by atoms with van der Waals surface area (Å²) in [6.07, 6.45) is 3.57. The van der Waals surface area contributed by atoms with Gasteiger partial charge in [0.25, 0.3) is 0 Å². The first-order valence-electron chi connectivity index (χ1n) is 12.2. The normalized spacial score (nSPS) is 14.0. The Hall–Kier alpha value is -3.22. The van der Waals surface area contributed by atoms with Crippen molar-refractivity contribution in [2.75, 3.05) is 18.4 Å². The number of halogens is 1. The molecule has 35 heavy (non-hydrogen) atoms. The van der Waals surface area contributed by atoms with E-state index in [0.29, 0.717) is 17.9 Å². The molecule has 5 rings (SSSR count). The number of hydrogen-bond acceptors (Lipinski definition) is 4. The lowest BCUT2D eigenvalue weighted by Crippen LogP contribution is -2.18. The lowest BCUT2D eigenvalue weighted by atomic mass is 10.1. The SMILES string of the molecule is Cc1nc2cc(-c3ccc(Cl)cc3)nn2c(C)c1CCC(=O)Nc1ccc(CN2CCCC2)cc1. The highest BCUT2D eigenvalue weighted by Crippen LogP contribution is 2.24. The fraction of sp³-hybridized carbons (Fsp3) is 0.321. The van der Waals surface area contributed by atoms with E-state index in [1.807, 2.05) is 60.8 Å². The summed E-state index contributed by atoms with van der Waals surface area (Å²) in [6.45, 7) is 7.37. The van der Waals surface area contributed by atoms with Crippen LogP contribution in [-0.2, 0) is 17.8 Å². The average Bonchev–Trinajstić information content (AvgIpc) is 3.51. The number of anilines is 1. The second-order valence-corrected chi connectivity index (χ2v) is 9.73. The van der Waals surface area contributed by atoms with Gasteiger partial charge in [0, 0.05) is 46.7 Å². The summed E-state index contributed by atoms with van der Waals surface area (Å²) in [4.78, 5) is 19.9. The highest BCUT2D eigenvalue weighted by molar-refractivity contribution is 6.30. The molecule has 1 amide bonds. The standard InChI is InChI=1S/C28H30ClN5O/c1-19-25(20(2)34-27(30-19)17-26(32-34)22-7-9-23(29)10-8-22)13-14-28(35)31-24-11-5-21(6-12-24)18-33-15-3-4-16-33/h5-12,17H,3-4,13-16,18H2,1-2H3,(H,31,35). The summed E-state index contributed by atoms with van der Waals surface area (Å²) in [5, 5.41) is 8.49. The number of nitrogens with one attached hydrogen (secondary N) is 1. The molecule has 6 nitrogen and oxygen atoms in total. The maximum absolute atomic E-state index is 12.7. The van der Waals surface area contributed by atoms with E-state index >= 15 is 0 Å². The number of nitrogens with zero attached hydrogens (tertiary/aromatic N) is 4. The predicted molar refractivity (Wildman–Crippen MR) is 141 cm³/mol. The van der Waals surface area contributed by atoms with E-state index in [1.165, 1.54) is 31.5 Å². The van der Waals surface area contributed by atoms with Gasteiger partial charge in [-0.15, -0.1) is 0 Å². The number of hydrogen-bond donors (Lipinski definition) is 1. The van der Waals surface area contributed by atoms with Crippen molar-refractivity contribution in [1.82, 2.24) is 19.5 Å². The molecule has 0 saturated carbocycles. The van der Waals surface area contributed by atoms with Crippen molar-refractivity contribution in [1.29, 1.82) is 0 Å². The number of aryl methyl sites for hydroxylation is 2. The zero-order valence-electron chi connectivity index (χ0n) is 20.2. The molecule has 0 radical (unpaired) electrons. The number of aromatic nitrogens is 3. The second kappa shape index (κ2) is 10.2. The lowest BCUT2D eigenvalue weighted by Gasteiger charge is -2.15.